The lowest BCUT2D eigenvalue weighted by atomic mass is 10.0. The highest BCUT2D eigenvalue weighted by Gasteiger charge is 2.27. The van der Waals surface area contributed by atoms with Crippen LogP contribution in [0.1, 0.15) is 24.0 Å². The first kappa shape index (κ1) is 17.0. The fraction of sp³-hybridized carbons (Fsp3) is 0.500. The fourth-order valence-corrected chi connectivity index (χ4v) is 3.58. The van der Waals surface area contributed by atoms with Crippen molar-refractivity contribution in [1.29, 1.82) is 0 Å². The Morgan fingerprint density at radius 2 is 2.42 bits per heavy atom. The maximum Gasteiger partial charge on any atom is 0.194 e. The van der Waals surface area contributed by atoms with E-state index < -0.39 is 0 Å². The third-order valence-electron chi connectivity index (χ3n) is 4.41. The summed E-state index contributed by atoms with van der Waals surface area (Å²) in [5.41, 5.74) is 0. The lowest BCUT2D eigenvalue weighted by molar-refractivity contribution is 0.132. The minimum atomic E-state index is -0.267. The van der Waals surface area contributed by atoms with Crippen LogP contribution in [0.2, 0.25) is 0 Å². The molecule has 3 rings (SSSR count). The molecule has 0 amide bonds. The standard InChI is InChI=1S/C18H25N3O2S/c1-14(22)15-7-9-21(13-15)18(20-12-17-5-3-11-24-17)19-8-6-16-4-2-10-23-16/h2-5,10-11,14-15,22H,6-9,12-13H2,1H3,(H,19,20). The molecule has 130 valence electrons. The highest BCUT2D eigenvalue weighted by Crippen LogP contribution is 2.20. The molecular weight excluding hydrogens is 322 g/mol. The second-order valence-corrected chi connectivity index (χ2v) is 7.24. The molecule has 24 heavy (non-hydrogen) atoms. The molecule has 1 aliphatic rings. The van der Waals surface area contributed by atoms with Crippen LogP contribution in [0.15, 0.2) is 45.3 Å². The summed E-state index contributed by atoms with van der Waals surface area (Å²) in [5.74, 6) is 2.23. The summed E-state index contributed by atoms with van der Waals surface area (Å²) < 4.78 is 5.38. The summed E-state index contributed by atoms with van der Waals surface area (Å²) in [6.07, 6.45) is 3.28. The quantitative estimate of drug-likeness (QED) is 0.623. The van der Waals surface area contributed by atoms with Gasteiger partial charge in [0.25, 0.3) is 0 Å². The van der Waals surface area contributed by atoms with Crippen molar-refractivity contribution < 1.29 is 9.52 Å². The van der Waals surface area contributed by atoms with Gasteiger partial charge in [-0.15, -0.1) is 11.3 Å². The number of nitrogens with one attached hydrogen (secondary N) is 1. The van der Waals surface area contributed by atoms with Gasteiger partial charge in [0.05, 0.1) is 18.9 Å². The molecule has 2 N–H and O–H groups in total. The van der Waals surface area contributed by atoms with Gasteiger partial charge >= 0.3 is 0 Å². The first-order valence-corrected chi connectivity index (χ1v) is 9.36. The van der Waals surface area contributed by atoms with E-state index in [2.05, 4.69) is 27.7 Å². The SMILES string of the molecule is CC(O)C1CCN(C(=NCc2cccs2)NCCc2ccco2)C1. The zero-order chi connectivity index (χ0) is 16.8. The lowest BCUT2D eigenvalue weighted by Gasteiger charge is -2.22. The highest BCUT2D eigenvalue weighted by molar-refractivity contribution is 7.09. The topological polar surface area (TPSA) is 61.0 Å². The van der Waals surface area contributed by atoms with Crippen LogP contribution >= 0.6 is 11.3 Å². The molecule has 2 atom stereocenters. The van der Waals surface area contributed by atoms with Crippen LogP contribution < -0.4 is 5.32 Å². The first-order valence-electron chi connectivity index (χ1n) is 8.48. The molecule has 0 aromatic carbocycles. The van der Waals surface area contributed by atoms with Crippen LogP contribution in [-0.2, 0) is 13.0 Å². The van der Waals surface area contributed by atoms with Crippen molar-refractivity contribution in [3.63, 3.8) is 0 Å². The molecule has 3 heterocycles. The maximum atomic E-state index is 9.84. The third kappa shape index (κ3) is 4.61. The Balaban J connectivity index is 1.60. The van der Waals surface area contributed by atoms with Crippen molar-refractivity contribution in [2.24, 2.45) is 10.9 Å². The molecule has 1 aliphatic heterocycles. The molecular formula is C18H25N3O2S. The van der Waals surface area contributed by atoms with Gasteiger partial charge in [-0.3, -0.25) is 0 Å². The Bertz CT molecular complexity index is 623. The average Bonchev–Trinajstić information content (AvgIpc) is 3.33. The molecule has 6 heteroatoms. The second kappa shape index (κ2) is 8.35. The van der Waals surface area contributed by atoms with E-state index in [9.17, 15) is 5.11 Å². The van der Waals surface area contributed by atoms with Crippen LogP contribution in [0.25, 0.3) is 0 Å². The molecule has 0 spiro atoms. The highest BCUT2D eigenvalue weighted by atomic mass is 32.1. The lowest BCUT2D eigenvalue weighted by Crippen LogP contribution is -2.41. The Morgan fingerprint density at radius 1 is 1.50 bits per heavy atom. The number of aliphatic imine (C=N–C) groups is 1. The molecule has 2 aromatic rings. The van der Waals surface area contributed by atoms with Crippen LogP contribution in [0.4, 0.5) is 0 Å². The van der Waals surface area contributed by atoms with Gasteiger partial charge in [-0.25, -0.2) is 4.99 Å². The Labute approximate surface area is 147 Å². The number of thiophene rings is 1. The van der Waals surface area contributed by atoms with Crippen LogP contribution in [0, 0.1) is 5.92 Å². The van der Waals surface area contributed by atoms with Gasteiger partial charge in [0.1, 0.15) is 5.76 Å². The number of aliphatic hydroxyl groups is 1. The number of hydrogen-bond acceptors (Lipinski definition) is 4. The van der Waals surface area contributed by atoms with Crippen LogP contribution in [0.3, 0.4) is 0 Å². The minimum absolute atomic E-state index is 0.267. The fourth-order valence-electron chi connectivity index (χ4n) is 2.95. The Kier molecular flexibility index (Phi) is 5.93. The van der Waals surface area contributed by atoms with Gasteiger partial charge in [0.2, 0.25) is 0 Å². The number of likely N-dealkylation sites (tertiary alicyclic amines) is 1. The largest absolute Gasteiger partial charge is 0.469 e. The molecule has 0 aliphatic carbocycles. The van der Waals surface area contributed by atoms with Gasteiger partial charge in [0.15, 0.2) is 5.96 Å². The van der Waals surface area contributed by atoms with Crippen molar-refractivity contribution in [3.05, 3.63) is 46.5 Å². The molecule has 2 aromatic heterocycles. The van der Waals surface area contributed by atoms with E-state index in [-0.39, 0.29) is 6.10 Å². The van der Waals surface area contributed by atoms with Gasteiger partial charge in [-0.2, -0.15) is 0 Å². The first-order chi connectivity index (χ1) is 11.7. The summed E-state index contributed by atoms with van der Waals surface area (Å²) in [4.78, 5) is 8.30. The summed E-state index contributed by atoms with van der Waals surface area (Å²) in [7, 11) is 0. The van der Waals surface area contributed by atoms with Crippen molar-refractivity contribution in [3.8, 4) is 0 Å². The number of hydrogen-bond donors (Lipinski definition) is 2. The zero-order valence-electron chi connectivity index (χ0n) is 14.0. The van der Waals surface area contributed by atoms with E-state index in [0.717, 1.165) is 44.2 Å². The monoisotopic (exact) mass is 347 g/mol. The molecule has 1 fully saturated rings. The average molecular weight is 347 g/mol. The Hall–Kier alpha value is -1.79. The van der Waals surface area contributed by atoms with E-state index in [1.54, 1.807) is 17.6 Å². The van der Waals surface area contributed by atoms with Gasteiger partial charge in [-0.1, -0.05) is 6.07 Å². The molecule has 0 saturated carbocycles. The van der Waals surface area contributed by atoms with Crippen molar-refractivity contribution in [1.82, 2.24) is 10.2 Å². The normalized spacial score (nSPS) is 19.7. The molecule has 5 nitrogen and oxygen atoms in total. The van der Waals surface area contributed by atoms with E-state index in [1.165, 1.54) is 4.88 Å². The van der Waals surface area contributed by atoms with Crippen LogP contribution in [0.5, 0.6) is 0 Å². The number of aliphatic hydroxyl groups excluding tert-OH is 1. The number of nitrogens with zero attached hydrogens (tertiary/aromatic N) is 2. The molecule has 2 unspecified atom stereocenters. The van der Waals surface area contributed by atoms with E-state index in [1.807, 2.05) is 19.1 Å². The summed E-state index contributed by atoms with van der Waals surface area (Å²) >= 11 is 1.73. The second-order valence-electron chi connectivity index (χ2n) is 6.21. The van der Waals surface area contributed by atoms with E-state index in [4.69, 9.17) is 9.41 Å². The molecule has 0 radical (unpaired) electrons. The summed E-state index contributed by atoms with van der Waals surface area (Å²) in [6.45, 7) is 5.14. The van der Waals surface area contributed by atoms with Crippen molar-refractivity contribution in [2.45, 2.75) is 32.4 Å². The summed E-state index contributed by atoms with van der Waals surface area (Å²) in [6, 6.07) is 8.06. The van der Waals surface area contributed by atoms with E-state index in [0.29, 0.717) is 12.5 Å². The predicted octanol–water partition coefficient (Wildman–Crippen LogP) is 2.73. The van der Waals surface area contributed by atoms with Crippen LogP contribution in [-0.4, -0.2) is 41.7 Å². The summed E-state index contributed by atoms with van der Waals surface area (Å²) in [5, 5.41) is 15.4. The van der Waals surface area contributed by atoms with Gasteiger partial charge in [0, 0.05) is 36.9 Å². The minimum Gasteiger partial charge on any atom is -0.469 e. The van der Waals surface area contributed by atoms with Gasteiger partial charge < -0.3 is 19.7 Å². The molecule has 0 bridgehead atoms. The number of furan rings is 1. The van der Waals surface area contributed by atoms with E-state index >= 15 is 0 Å². The molecule has 1 saturated heterocycles. The number of guanidine groups is 1. The maximum absolute atomic E-state index is 9.84. The van der Waals surface area contributed by atoms with Crippen molar-refractivity contribution >= 4 is 17.3 Å². The van der Waals surface area contributed by atoms with Gasteiger partial charge in [-0.05, 0) is 36.9 Å². The zero-order valence-corrected chi connectivity index (χ0v) is 14.8. The Morgan fingerprint density at radius 3 is 3.08 bits per heavy atom. The predicted molar refractivity (Wildman–Crippen MR) is 97.2 cm³/mol. The van der Waals surface area contributed by atoms with Crippen molar-refractivity contribution in [2.75, 3.05) is 19.6 Å². The third-order valence-corrected chi connectivity index (χ3v) is 5.27. The smallest absolute Gasteiger partial charge is 0.194 e. The number of rotatable bonds is 6.